The summed E-state index contributed by atoms with van der Waals surface area (Å²) in [5, 5.41) is 9.06. The molecule has 1 aliphatic rings. The summed E-state index contributed by atoms with van der Waals surface area (Å²) in [6.45, 7) is 4.63. The number of ether oxygens (including phenoxy) is 1. The molecule has 0 N–H and O–H groups in total. The number of rotatable bonds is 2. The lowest BCUT2D eigenvalue weighted by atomic mass is 10.1. The summed E-state index contributed by atoms with van der Waals surface area (Å²) < 4.78 is 5.63. The van der Waals surface area contributed by atoms with Crippen LogP contribution < -0.4 is 4.90 Å². The van der Waals surface area contributed by atoms with E-state index in [0.29, 0.717) is 6.10 Å². The third-order valence-corrected chi connectivity index (χ3v) is 2.96. The molecular formula is C13H16N2O. The zero-order chi connectivity index (χ0) is 11.4. The van der Waals surface area contributed by atoms with Gasteiger partial charge in [0.05, 0.1) is 24.0 Å². The summed E-state index contributed by atoms with van der Waals surface area (Å²) >= 11 is 0. The number of nitrogens with zero attached hydrogens (tertiary/aromatic N) is 2. The van der Waals surface area contributed by atoms with Crippen LogP contribution in [-0.4, -0.2) is 25.8 Å². The maximum atomic E-state index is 9.06. The normalized spacial score (nSPS) is 20.5. The Balaban J connectivity index is 2.20. The average Bonchev–Trinajstić information content (AvgIpc) is 2.38. The molecule has 1 heterocycles. The largest absolute Gasteiger partial charge is 0.375 e. The van der Waals surface area contributed by atoms with E-state index in [0.717, 1.165) is 37.4 Å². The first kappa shape index (κ1) is 11.0. The number of nitriles is 1. The maximum Gasteiger partial charge on any atom is 0.101 e. The standard InChI is InChI=1S/C13H16N2O/c1-2-12-10-15(7-8-16-12)13-6-4-3-5-11(13)9-14/h3-6,12H,2,7-8,10H2,1H3. The van der Waals surface area contributed by atoms with Crippen molar-refractivity contribution in [1.82, 2.24) is 0 Å². The fourth-order valence-corrected chi connectivity index (χ4v) is 2.03. The Morgan fingerprint density at radius 2 is 2.31 bits per heavy atom. The van der Waals surface area contributed by atoms with Gasteiger partial charge in [-0.15, -0.1) is 0 Å². The van der Waals surface area contributed by atoms with Crippen LogP contribution in [-0.2, 0) is 4.74 Å². The van der Waals surface area contributed by atoms with E-state index in [1.807, 2.05) is 24.3 Å². The third kappa shape index (κ3) is 2.17. The lowest BCUT2D eigenvalue weighted by molar-refractivity contribution is 0.0384. The zero-order valence-electron chi connectivity index (χ0n) is 9.52. The van der Waals surface area contributed by atoms with Gasteiger partial charge in [-0.05, 0) is 18.6 Å². The topological polar surface area (TPSA) is 36.3 Å². The van der Waals surface area contributed by atoms with E-state index >= 15 is 0 Å². The number of para-hydroxylation sites is 1. The molecule has 3 nitrogen and oxygen atoms in total. The predicted molar refractivity (Wildman–Crippen MR) is 63.4 cm³/mol. The molecule has 0 saturated carbocycles. The van der Waals surface area contributed by atoms with Crippen molar-refractivity contribution in [3.63, 3.8) is 0 Å². The van der Waals surface area contributed by atoms with Crippen LogP contribution in [0.5, 0.6) is 0 Å². The first-order valence-electron chi connectivity index (χ1n) is 5.71. The molecule has 1 aliphatic heterocycles. The van der Waals surface area contributed by atoms with Crippen molar-refractivity contribution in [2.24, 2.45) is 0 Å². The summed E-state index contributed by atoms with van der Waals surface area (Å²) in [5.74, 6) is 0. The zero-order valence-corrected chi connectivity index (χ0v) is 9.52. The van der Waals surface area contributed by atoms with E-state index in [4.69, 9.17) is 10.00 Å². The molecule has 1 aromatic carbocycles. The summed E-state index contributed by atoms with van der Waals surface area (Å²) in [7, 11) is 0. The maximum absolute atomic E-state index is 9.06. The smallest absolute Gasteiger partial charge is 0.101 e. The number of hydrogen-bond donors (Lipinski definition) is 0. The third-order valence-electron chi connectivity index (χ3n) is 2.96. The molecule has 16 heavy (non-hydrogen) atoms. The van der Waals surface area contributed by atoms with Crippen LogP contribution in [0, 0.1) is 11.3 Å². The molecule has 0 spiro atoms. The van der Waals surface area contributed by atoms with Gasteiger partial charge in [-0.25, -0.2) is 0 Å². The van der Waals surface area contributed by atoms with Gasteiger partial charge in [0.25, 0.3) is 0 Å². The van der Waals surface area contributed by atoms with Crippen molar-refractivity contribution in [2.45, 2.75) is 19.4 Å². The van der Waals surface area contributed by atoms with Gasteiger partial charge in [0, 0.05) is 13.1 Å². The van der Waals surface area contributed by atoms with E-state index in [-0.39, 0.29) is 0 Å². The van der Waals surface area contributed by atoms with E-state index < -0.39 is 0 Å². The Morgan fingerprint density at radius 3 is 3.06 bits per heavy atom. The van der Waals surface area contributed by atoms with Gasteiger partial charge in [-0.1, -0.05) is 19.1 Å². The van der Waals surface area contributed by atoms with Crippen molar-refractivity contribution in [3.05, 3.63) is 29.8 Å². The molecule has 1 unspecified atom stereocenters. The molecule has 1 aromatic rings. The van der Waals surface area contributed by atoms with Crippen LogP contribution >= 0.6 is 0 Å². The number of benzene rings is 1. The Hall–Kier alpha value is -1.53. The van der Waals surface area contributed by atoms with Gasteiger partial charge in [0.2, 0.25) is 0 Å². The molecule has 1 fully saturated rings. The van der Waals surface area contributed by atoms with Gasteiger partial charge in [0.15, 0.2) is 0 Å². The van der Waals surface area contributed by atoms with Gasteiger partial charge in [-0.3, -0.25) is 0 Å². The fraction of sp³-hybridized carbons (Fsp3) is 0.462. The molecule has 0 bridgehead atoms. The highest BCUT2D eigenvalue weighted by Gasteiger charge is 2.20. The molecular weight excluding hydrogens is 200 g/mol. The first-order chi connectivity index (χ1) is 7.85. The molecule has 3 heteroatoms. The van der Waals surface area contributed by atoms with Crippen molar-refractivity contribution in [1.29, 1.82) is 5.26 Å². The highest BCUT2D eigenvalue weighted by molar-refractivity contribution is 5.59. The van der Waals surface area contributed by atoms with Crippen LogP contribution in [0.2, 0.25) is 0 Å². The number of morpholine rings is 1. The summed E-state index contributed by atoms with van der Waals surface area (Å²) in [6, 6.07) is 10.0. The molecule has 1 saturated heterocycles. The lowest BCUT2D eigenvalue weighted by Gasteiger charge is -2.34. The van der Waals surface area contributed by atoms with Gasteiger partial charge >= 0.3 is 0 Å². The van der Waals surface area contributed by atoms with Crippen molar-refractivity contribution in [3.8, 4) is 6.07 Å². The molecule has 0 radical (unpaired) electrons. The first-order valence-corrected chi connectivity index (χ1v) is 5.71. The summed E-state index contributed by atoms with van der Waals surface area (Å²) in [4.78, 5) is 2.25. The second kappa shape index (κ2) is 5.00. The highest BCUT2D eigenvalue weighted by atomic mass is 16.5. The van der Waals surface area contributed by atoms with E-state index in [2.05, 4.69) is 17.9 Å². The molecule has 2 rings (SSSR count). The fourth-order valence-electron chi connectivity index (χ4n) is 2.03. The Labute approximate surface area is 96.2 Å². The molecule has 84 valence electrons. The van der Waals surface area contributed by atoms with Crippen molar-refractivity contribution in [2.75, 3.05) is 24.6 Å². The highest BCUT2D eigenvalue weighted by Crippen LogP contribution is 2.22. The van der Waals surface area contributed by atoms with Crippen LogP contribution in [0.3, 0.4) is 0 Å². The molecule has 0 amide bonds. The second-order valence-corrected chi connectivity index (χ2v) is 3.98. The summed E-state index contributed by atoms with van der Waals surface area (Å²) in [6.07, 6.45) is 1.31. The number of hydrogen-bond acceptors (Lipinski definition) is 3. The quantitative estimate of drug-likeness (QED) is 0.760. The van der Waals surface area contributed by atoms with Crippen LogP contribution in [0.1, 0.15) is 18.9 Å². The van der Waals surface area contributed by atoms with Crippen molar-refractivity contribution >= 4 is 5.69 Å². The van der Waals surface area contributed by atoms with Gasteiger partial charge in [0.1, 0.15) is 6.07 Å². The van der Waals surface area contributed by atoms with E-state index in [1.165, 1.54) is 0 Å². The van der Waals surface area contributed by atoms with Crippen LogP contribution in [0.4, 0.5) is 5.69 Å². The number of anilines is 1. The van der Waals surface area contributed by atoms with Gasteiger partial charge in [-0.2, -0.15) is 5.26 Å². The van der Waals surface area contributed by atoms with Crippen molar-refractivity contribution < 1.29 is 4.74 Å². The monoisotopic (exact) mass is 216 g/mol. The molecule has 0 aromatic heterocycles. The predicted octanol–water partition coefficient (Wildman–Crippen LogP) is 2.17. The summed E-state index contributed by atoms with van der Waals surface area (Å²) in [5.41, 5.74) is 1.78. The van der Waals surface area contributed by atoms with E-state index in [9.17, 15) is 0 Å². The Kier molecular flexibility index (Phi) is 3.43. The average molecular weight is 216 g/mol. The SMILES string of the molecule is CCC1CN(c2ccccc2C#N)CCO1. The molecule has 1 atom stereocenters. The Bertz CT molecular complexity index is 397. The lowest BCUT2D eigenvalue weighted by Crippen LogP contribution is -2.42. The van der Waals surface area contributed by atoms with E-state index in [1.54, 1.807) is 0 Å². The molecule has 0 aliphatic carbocycles. The minimum atomic E-state index is 0.292. The second-order valence-electron chi connectivity index (χ2n) is 3.98. The van der Waals surface area contributed by atoms with Crippen LogP contribution in [0.25, 0.3) is 0 Å². The Morgan fingerprint density at radius 1 is 1.50 bits per heavy atom. The van der Waals surface area contributed by atoms with Gasteiger partial charge < -0.3 is 9.64 Å². The minimum Gasteiger partial charge on any atom is -0.375 e. The van der Waals surface area contributed by atoms with Crippen LogP contribution in [0.15, 0.2) is 24.3 Å². The minimum absolute atomic E-state index is 0.292.